The normalized spacial score (nSPS) is 12.8. The molecule has 0 aliphatic heterocycles. The molecule has 2 rings (SSSR count). The highest BCUT2D eigenvalue weighted by Gasteiger charge is 2.15. The third-order valence-corrected chi connectivity index (χ3v) is 3.97. The van der Waals surface area contributed by atoms with Crippen molar-refractivity contribution in [3.8, 4) is 0 Å². The fourth-order valence-corrected chi connectivity index (χ4v) is 2.65. The molecule has 5 heteroatoms. The van der Waals surface area contributed by atoms with Gasteiger partial charge in [0, 0.05) is 18.3 Å². The quantitative estimate of drug-likeness (QED) is 0.415. The van der Waals surface area contributed by atoms with Crippen molar-refractivity contribution in [2.24, 2.45) is 5.84 Å². The number of hydrazine groups is 1. The zero-order valence-electron chi connectivity index (χ0n) is 12.8. The van der Waals surface area contributed by atoms with Crippen LogP contribution in [0.25, 0.3) is 0 Å². The molecule has 114 valence electrons. The van der Waals surface area contributed by atoms with Crippen molar-refractivity contribution in [3.05, 3.63) is 47.8 Å². The molecular weight excluding hydrogens is 262 g/mol. The highest BCUT2D eigenvalue weighted by molar-refractivity contribution is 5.48. The van der Waals surface area contributed by atoms with Crippen LogP contribution in [0.2, 0.25) is 0 Å². The van der Waals surface area contributed by atoms with Gasteiger partial charge in [0.1, 0.15) is 0 Å². The van der Waals surface area contributed by atoms with E-state index in [1.165, 1.54) is 0 Å². The second kappa shape index (κ2) is 7.24. The summed E-state index contributed by atoms with van der Waals surface area (Å²) in [6.07, 6.45) is 4.94. The summed E-state index contributed by atoms with van der Waals surface area (Å²) in [6.45, 7) is 4.37. The second-order valence-corrected chi connectivity index (χ2v) is 5.31. The summed E-state index contributed by atoms with van der Waals surface area (Å²) in [7, 11) is 0. The van der Waals surface area contributed by atoms with E-state index in [0.29, 0.717) is 6.04 Å². The second-order valence-electron chi connectivity index (χ2n) is 5.31. The van der Waals surface area contributed by atoms with Gasteiger partial charge in [-0.3, -0.25) is 16.0 Å². The molecule has 21 heavy (non-hydrogen) atoms. The fourth-order valence-electron chi connectivity index (χ4n) is 2.65. The average Bonchev–Trinajstić information content (AvgIpc) is 2.95. The zero-order chi connectivity index (χ0) is 15.2. The van der Waals surface area contributed by atoms with Crippen molar-refractivity contribution in [1.29, 1.82) is 0 Å². The van der Waals surface area contributed by atoms with Crippen LogP contribution in [-0.2, 0) is 6.42 Å². The number of nitrogens with zero attached hydrogens (tertiary/aromatic N) is 2. The summed E-state index contributed by atoms with van der Waals surface area (Å²) < 4.78 is 2.05. The lowest BCUT2D eigenvalue weighted by molar-refractivity contribution is 0.422. The van der Waals surface area contributed by atoms with Crippen LogP contribution in [0.1, 0.15) is 50.0 Å². The van der Waals surface area contributed by atoms with E-state index in [1.807, 2.05) is 24.3 Å². The Kier molecular flexibility index (Phi) is 5.36. The molecule has 0 amide bonds. The van der Waals surface area contributed by atoms with Crippen LogP contribution in [0, 0.1) is 0 Å². The Labute approximate surface area is 126 Å². The summed E-state index contributed by atoms with van der Waals surface area (Å²) in [5.74, 6) is 5.70. The minimum atomic E-state index is -0.0312. The molecule has 5 N–H and O–H groups in total. The minimum Gasteiger partial charge on any atom is -0.398 e. The summed E-state index contributed by atoms with van der Waals surface area (Å²) in [4.78, 5) is 0. The van der Waals surface area contributed by atoms with Gasteiger partial charge in [0.2, 0.25) is 0 Å². The molecule has 0 aliphatic rings. The molecule has 0 saturated heterocycles. The molecule has 0 bridgehead atoms. The van der Waals surface area contributed by atoms with Crippen LogP contribution in [0.15, 0.2) is 36.5 Å². The zero-order valence-corrected chi connectivity index (χ0v) is 12.8. The molecule has 0 spiro atoms. The number of nitrogens with one attached hydrogen (secondary N) is 1. The molecule has 1 aromatic heterocycles. The lowest BCUT2D eigenvalue weighted by Gasteiger charge is -2.17. The SMILES string of the molecule is CCC(CC)n1ccc(CC(NN)c2ccccc2N)n1. The van der Waals surface area contributed by atoms with Gasteiger partial charge in [-0.15, -0.1) is 0 Å². The van der Waals surface area contributed by atoms with Crippen LogP contribution in [-0.4, -0.2) is 9.78 Å². The van der Waals surface area contributed by atoms with Crippen molar-refractivity contribution < 1.29 is 0 Å². The Morgan fingerprint density at radius 1 is 1.19 bits per heavy atom. The number of benzene rings is 1. The number of aromatic nitrogens is 2. The van der Waals surface area contributed by atoms with Gasteiger partial charge in [-0.25, -0.2) is 0 Å². The number of hydrogen-bond donors (Lipinski definition) is 3. The summed E-state index contributed by atoms with van der Waals surface area (Å²) in [5.41, 5.74) is 11.7. The number of hydrogen-bond acceptors (Lipinski definition) is 4. The Morgan fingerprint density at radius 2 is 1.90 bits per heavy atom. The van der Waals surface area contributed by atoms with Crippen molar-refractivity contribution in [2.75, 3.05) is 5.73 Å². The van der Waals surface area contributed by atoms with E-state index in [0.717, 1.165) is 36.2 Å². The lowest BCUT2D eigenvalue weighted by atomic mass is 10.0. The highest BCUT2D eigenvalue weighted by Crippen LogP contribution is 2.23. The maximum absolute atomic E-state index is 6.03. The van der Waals surface area contributed by atoms with Gasteiger partial charge in [0.05, 0.1) is 17.8 Å². The Morgan fingerprint density at radius 3 is 2.52 bits per heavy atom. The Hall–Kier alpha value is -1.85. The molecule has 1 aromatic carbocycles. The van der Waals surface area contributed by atoms with E-state index < -0.39 is 0 Å². The topological polar surface area (TPSA) is 81.9 Å². The number of para-hydroxylation sites is 1. The van der Waals surface area contributed by atoms with Crippen LogP contribution >= 0.6 is 0 Å². The monoisotopic (exact) mass is 287 g/mol. The van der Waals surface area contributed by atoms with Gasteiger partial charge < -0.3 is 5.73 Å². The van der Waals surface area contributed by atoms with E-state index in [-0.39, 0.29) is 6.04 Å². The van der Waals surface area contributed by atoms with Gasteiger partial charge >= 0.3 is 0 Å². The molecule has 5 nitrogen and oxygen atoms in total. The van der Waals surface area contributed by atoms with E-state index in [4.69, 9.17) is 11.6 Å². The van der Waals surface area contributed by atoms with Gasteiger partial charge in [0.15, 0.2) is 0 Å². The highest BCUT2D eigenvalue weighted by atomic mass is 15.3. The molecule has 0 radical (unpaired) electrons. The maximum atomic E-state index is 6.03. The minimum absolute atomic E-state index is 0.0312. The van der Waals surface area contributed by atoms with Crippen LogP contribution < -0.4 is 17.0 Å². The Bertz CT molecular complexity index is 559. The summed E-state index contributed by atoms with van der Waals surface area (Å²) in [5, 5.41) is 4.68. The van der Waals surface area contributed by atoms with Crippen molar-refractivity contribution >= 4 is 5.69 Å². The van der Waals surface area contributed by atoms with Gasteiger partial charge in [-0.1, -0.05) is 32.0 Å². The van der Waals surface area contributed by atoms with Gasteiger partial charge in [0.25, 0.3) is 0 Å². The molecule has 1 atom stereocenters. The van der Waals surface area contributed by atoms with E-state index in [9.17, 15) is 0 Å². The first-order valence-electron chi connectivity index (χ1n) is 7.54. The van der Waals surface area contributed by atoms with Crippen LogP contribution in [0.3, 0.4) is 0 Å². The number of nitrogens with two attached hydrogens (primary N) is 2. The third kappa shape index (κ3) is 3.62. The van der Waals surface area contributed by atoms with Gasteiger partial charge in [-0.2, -0.15) is 5.10 Å². The molecule has 0 fully saturated rings. The lowest BCUT2D eigenvalue weighted by Crippen LogP contribution is -2.30. The first kappa shape index (κ1) is 15.5. The summed E-state index contributed by atoms with van der Waals surface area (Å²) >= 11 is 0. The predicted molar refractivity (Wildman–Crippen MR) is 86.5 cm³/mol. The van der Waals surface area contributed by atoms with Crippen molar-refractivity contribution in [3.63, 3.8) is 0 Å². The van der Waals surface area contributed by atoms with E-state index >= 15 is 0 Å². The van der Waals surface area contributed by atoms with Crippen LogP contribution in [0.4, 0.5) is 5.69 Å². The van der Waals surface area contributed by atoms with E-state index in [1.54, 1.807) is 0 Å². The third-order valence-electron chi connectivity index (χ3n) is 3.97. The first-order valence-corrected chi connectivity index (χ1v) is 7.54. The number of nitrogen functional groups attached to an aromatic ring is 1. The molecule has 1 heterocycles. The fraction of sp³-hybridized carbons (Fsp3) is 0.438. The molecule has 0 saturated carbocycles. The molecular formula is C16H25N5. The molecule has 2 aromatic rings. The predicted octanol–water partition coefficient (Wildman–Crippen LogP) is 2.57. The van der Waals surface area contributed by atoms with Crippen LogP contribution in [0.5, 0.6) is 0 Å². The average molecular weight is 287 g/mol. The first-order chi connectivity index (χ1) is 10.2. The molecule has 1 unspecified atom stereocenters. The smallest absolute Gasteiger partial charge is 0.0644 e. The number of rotatable bonds is 7. The number of anilines is 1. The summed E-state index contributed by atoms with van der Waals surface area (Å²) in [6, 6.07) is 10.3. The van der Waals surface area contributed by atoms with Crippen molar-refractivity contribution in [1.82, 2.24) is 15.2 Å². The maximum Gasteiger partial charge on any atom is 0.0644 e. The molecule has 0 aliphatic carbocycles. The van der Waals surface area contributed by atoms with E-state index in [2.05, 4.69) is 41.3 Å². The Balaban J connectivity index is 2.14. The standard InChI is InChI=1S/C16H25N5/c1-3-13(4-2)21-10-9-12(20-21)11-16(19-18)14-7-5-6-8-15(14)17/h5-10,13,16,19H,3-4,11,17-18H2,1-2H3. The van der Waals surface area contributed by atoms with Gasteiger partial charge in [-0.05, 0) is 30.5 Å². The van der Waals surface area contributed by atoms with Crippen molar-refractivity contribution in [2.45, 2.75) is 45.2 Å². The largest absolute Gasteiger partial charge is 0.398 e.